The van der Waals surface area contributed by atoms with Crippen LogP contribution in [-0.4, -0.2) is 33.6 Å². The van der Waals surface area contributed by atoms with E-state index in [9.17, 15) is 13.8 Å². The van der Waals surface area contributed by atoms with Crippen molar-refractivity contribution in [1.29, 1.82) is 0 Å². The summed E-state index contributed by atoms with van der Waals surface area (Å²) in [6, 6.07) is 33.0. The van der Waals surface area contributed by atoms with Crippen LogP contribution >= 0.6 is 0 Å². The Morgan fingerprint density at radius 3 is 1.97 bits per heavy atom. The average Bonchev–Trinajstić information content (AvgIpc) is 2.97. The van der Waals surface area contributed by atoms with Crippen molar-refractivity contribution in [3.63, 3.8) is 0 Å². The van der Waals surface area contributed by atoms with E-state index in [4.69, 9.17) is 4.74 Å². The van der Waals surface area contributed by atoms with Crippen LogP contribution in [0.25, 0.3) is 0 Å². The summed E-state index contributed by atoms with van der Waals surface area (Å²) in [6.07, 6.45) is 0. The Bertz CT molecular complexity index is 1380. The first-order valence-electron chi connectivity index (χ1n) is 12.8. The van der Waals surface area contributed by atoms with Crippen LogP contribution < -0.4 is 4.72 Å². The highest BCUT2D eigenvalue weighted by molar-refractivity contribution is 7.83. The molecule has 0 aromatic heterocycles. The van der Waals surface area contributed by atoms with Gasteiger partial charge in [-0.1, -0.05) is 96.6 Å². The lowest BCUT2D eigenvalue weighted by atomic mass is 9.97. The summed E-state index contributed by atoms with van der Waals surface area (Å²) in [5.74, 6) is -0.915. The van der Waals surface area contributed by atoms with Crippen LogP contribution in [0.4, 0.5) is 0 Å². The van der Waals surface area contributed by atoms with Crippen molar-refractivity contribution in [3.05, 3.63) is 138 Å². The van der Waals surface area contributed by atoms with E-state index < -0.39 is 29.0 Å². The van der Waals surface area contributed by atoms with Crippen molar-refractivity contribution >= 4 is 22.9 Å². The fourth-order valence-corrected chi connectivity index (χ4v) is 5.33. The molecule has 0 fully saturated rings. The van der Waals surface area contributed by atoms with Crippen LogP contribution in [0.3, 0.4) is 0 Å². The Balaban J connectivity index is 1.83. The lowest BCUT2D eigenvalue weighted by Gasteiger charge is -2.36. The van der Waals surface area contributed by atoms with Gasteiger partial charge in [0.05, 0.1) is 17.5 Å². The largest absolute Gasteiger partial charge is 0.464 e. The highest BCUT2D eigenvalue weighted by Gasteiger charge is 2.40. The molecule has 39 heavy (non-hydrogen) atoms. The Morgan fingerprint density at radius 1 is 0.821 bits per heavy atom. The van der Waals surface area contributed by atoms with E-state index >= 15 is 0 Å². The van der Waals surface area contributed by atoms with Gasteiger partial charge in [0.15, 0.2) is 6.04 Å². The zero-order chi connectivity index (χ0) is 27.6. The maximum Gasteiger partial charge on any atom is 0.330 e. The van der Waals surface area contributed by atoms with Crippen molar-refractivity contribution in [2.24, 2.45) is 0 Å². The van der Waals surface area contributed by atoms with E-state index in [0.717, 1.165) is 11.1 Å². The summed E-state index contributed by atoms with van der Waals surface area (Å²) in [4.78, 5) is 29.9. The number of nitrogens with one attached hydrogen (secondary N) is 1. The lowest BCUT2D eigenvalue weighted by Crippen LogP contribution is -2.52. The number of hydrogen-bond acceptors (Lipinski definition) is 4. The molecule has 0 radical (unpaired) electrons. The van der Waals surface area contributed by atoms with Gasteiger partial charge in [-0.2, -0.15) is 0 Å². The average molecular weight is 541 g/mol. The molecule has 0 saturated heterocycles. The van der Waals surface area contributed by atoms with Gasteiger partial charge in [0.2, 0.25) is 0 Å². The first-order valence-corrected chi connectivity index (χ1v) is 14.0. The number of ether oxygens (including phenoxy) is 1. The molecular formula is C32H32N2O4S. The van der Waals surface area contributed by atoms with Crippen LogP contribution in [0.5, 0.6) is 0 Å². The predicted octanol–water partition coefficient (Wildman–Crippen LogP) is 5.62. The minimum atomic E-state index is -1.68. The lowest BCUT2D eigenvalue weighted by molar-refractivity contribution is -0.149. The van der Waals surface area contributed by atoms with Crippen molar-refractivity contribution in [2.75, 3.05) is 6.61 Å². The summed E-state index contributed by atoms with van der Waals surface area (Å²) < 4.78 is 22.3. The van der Waals surface area contributed by atoms with Gasteiger partial charge in [0.1, 0.15) is 11.0 Å². The standard InChI is InChI=1S/C32H32N2O4S/c1-3-38-32(36)30(34(23-25-13-7-4-8-14-25)31(35)27-17-11-6-12-18-27)29(26-15-9-5-10-16-26)33-39(37)28-21-19-24(2)20-22-28/h4-22,29-30,33H,3,23H2,1-2H3/t29-,30-,39?/m0/s1. The highest BCUT2D eigenvalue weighted by Crippen LogP contribution is 2.27. The zero-order valence-electron chi connectivity index (χ0n) is 22.0. The number of esters is 1. The van der Waals surface area contributed by atoms with Crippen molar-refractivity contribution in [1.82, 2.24) is 9.62 Å². The molecule has 0 aliphatic heterocycles. The van der Waals surface area contributed by atoms with E-state index in [-0.39, 0.29) is 19.1 Å². The van der Waals surface area contributed by atoms with Gasteiger partial charge < -0.3 is 9.64 Å². The summed E-state index contributed by atoms with van der Waals surface area (Å²) in [6.45, 7) is 3.97. The third-order valence-corrected chi connectivity index (χ3v) is 7.45. The van der Waals surface area contributed by atoms with Crippen LogP contribution in [-0.2, 0) is 27.1 Å². The normalized spacial score (nSPS) is 13.2. The monoisotopic (exact) mass is 540 g/mol. The molecular weight excluding hydrogens is 508 g/mol. The number of carbonyl (C=O) groups excluding carboxylic acids is 2. The molecule has 6 nitrogen and oxygen atoms in total. The van der Waals surface area contributed by atoms with Gasteiger partial charge in [0.25, 0.3) is 5.91 Å². The van der Waals surface area contributed by atoms with Crippen LogP contribution in [0.15, 0.2) is 120 Å². The third-order valence-electron chi connectivity index (χ3n) is 6.28. The summed E-state index contributed by atoms with van der Waals surface area (Å²) >= 11 is 0. The molecule has 3 atom stereocenters. The Hall–Kier alpha value is -4.07. The second-order valence-electron chi connectivity index (χ2n) is 9.07. The molecule has 1 amide bonds. The van der Waals surface area contributed by atoms with E-state index in [1.165, 1.54) is 4.90 Å². The van der Waals surface area contributed by atoms with Gasteiger partial charge in [0, 0.05) is 12.1 Å². The smallest absolute Gasteiger partial charge is 0.330 e. The molecule has 7 heteroatoms. The van der Waals surface area contributed by atoms with Crippen molar-refractivity contribution in [2.45, 2.75) is 37.4 Å². The van der Waals surface area contributed by atoms with Crippen LogP contribution in [0.2, 0.25) is 0 Å². The SMILES string of the molecule is CCOC(=O)[C@H]([C@@H](NS(=O)c1ccc(C)cc1)c1ccccc1)N(Cc1ccccc1)C(=O)c1ccccc1. The van der Waals surface area contributed by atoms with Gasteiger partial charge >= 0.3 is 5.97 Å². The van der Waals surface area contributed by atoms with Crippen molar-refractivity contribution < 1.29 is 18.5 Å². The first kappa shape index (κ1) is 28.0. The topological polar surface area (TPSA) is 75.7 Å². The Morgan fingerprint density at radius 2 is 1.38 bits per heavy atom. The fraction of sp³-hybridized carbons (Fsp3) is 0.188. The number of aryl methyl sites for hydroxylation is 1. The van der Waals surface area contributed by atoms with Crippen LogP contribution in [0, 0.1) is 6.92 Å². The fourth-order valence-electron chi connectivity index (χ4n) is 4.31. The molecule has 1 N–H and O–H groups in total. The molecule has 4 aromatic carbocycles. The zero-order valence-corrected chi connectivity index (χ0v) is 22.8. The van der Waals surface area contributed by atoms with E-state index in [1.807, 2.05) is 85.8 Å². The maximum absolute atomic E-state index is 14.0. The van der Waals surface area contributed by atoms with E-state index in [1.54, 1.807) is 43.3 Å². The number of hydrogen-bond donors (Lipinski definition) is 1. The Kier molecular flexibility index (Phi) is 9.78. The van der Waals surface area contributed by atoms with Gasteiger partial charge in [-0.05, 0) is 49.2 Å². The van der Waals surface area contributed by atoms with E-state index in [0.29, 0.717) is 16.0 Å². The van der Waals surface area contributed by atoms with Gasteiger partial charge in [-0.15, -0.1) is 0 Å². The number of nitrogens with zero attached hydrogens (tertiary/aromatic N) is 1. The van der Waals surface area contributed by atoms with Crippen LogP contribution in [0.1, 0.15) is 40.0 Å². The molecule has 4 rings (SSSR count). The van der Waals surface area contributed by atoms with Gasteiger partial charge in [-0.3, -0.25) is 4.79 Å². The molecule has 1 unspecified atom stereocenters. The number of rotatable bonds is 11. The first-order chi connectivity index (χ1) is 19.0. The minimum Gasteiger partial charge on any atom is -0.464 e. The van der Waals surface area contributed by atoms with Gasteiger partial charge in [-0.25, -0.2) is 13.7 Å². The molecule has 0 bridgehead atoms. The minimum absolute atomic E-state index is 0.136. The predicted molar refractivity (Wildman–Crippen MR) is 153 cm³/mol. The molecule has 4 aromatic rings. The molecule has 0 heterocycles. The summed E-state index contributed by atoms with van der Waals surface area (Å²) in [5.41, 5.74) is 3.04. The molecule has 200 valence electrons. The second-order valence-corrected chi connectivity index (χ2v) is 10.3. The van der Waals surface area contributed by atoms with Crippen molar-refractivity contribution in [3.8, 4) is 0 Å². The number of amides is 1. The number of carbonyl (C=O) groups is 2. The molecule has 0 aliphatic rings. The summed E-state index contributed by atoms with van der Waals surface area (Å²) in [7, 11) is -1.68. The Labute approximate surface area is 232 Å². The summed E-state index contributed by atoms with van der Waals surface area (Å²) in [5, 5.41) is 0. The molecule has 0 aliphatic carbocycles. The highest BCUT2D eigenvalue weighted by atomic mass is 32.2. The quantitative estimate of drug-likeness (QED) is 0.251. The second kappa shape index (κ2) is 13.6. The number of benzene rings is 4. The van der Waals surface area contributed by atoms with E-state index in [2.05, 4.69) is 4.72 Å². The molecule has 0 spiro atoms. The molecule has 0 saturated carbocycles. The maximum atomic E-state index is 14.0. The third kappa shape index (κ3) is 7.28.